The van der Waals surface area contributed by atoms with Crippen LogP contribution in [0.3, 0.4) is 0 Å². The molecule has 0 spiro atoms. The fourth-order valence-electron chi connectivity index (χ4n) is 2.73. The van der Waals surface area contributed by atoms with Gasteiger partial charge in [0.05, 0.1) is 6.04 Å². The van der Waals surface area contributed by atoms with E-state index in [9.17, 15) is 14.4 Å². The van der Waals surface area contributed by atoms with Gasteiger partial charge in [0.15, 0.2) is 0 Å². The third-order valence-electron chi connectivity index (χ3n) is 3.97. The Labute approximate surface area is 117 Å². The van der Waals surface area contributed by atoms with Crippen LogP contribution in [0.1, 0.15) is 32.1 Å². The molecule has 0 aromatic heterocycles. The van der Waals surface area contributed by atoms with Crippen molar-refractivity contribution in [2.75, 3.05) is 19.6 Å². The summed E-state index contributed by atoms with van der Waals surface area (Å²) in [6, 6.07) is -0.233. The van der Waals surface area contributed by atoms with E-state index in [0.717, 1.165) is 12.8 Å². The lowest BCUT2D eigenvalue weighted by Gasteiger charge is -2.32. The van der Waals surface area contributed by atoms with Gasteiger partial charge in [0.2, 0.25) is 5.91 Å². The minimum Gasteiger partial charge on any atom is -0.481 e. The molecule has 3 amide bonds. The number of carboxylic acids is 1. The number of likely N-dealkylation sites (tertiary alicyclic amines) is 1. The van der Waals surface area contributed by atoms with Crippen LogP contribution in [-0.4, -0.2) is 53.6 Å². The van der Waals surface area contributed by atoms with Crippen molar-refractivity contribution in [2.24, 2.45) is 5.92 Å². The minimum absolute atomic E-state index is 0.0253. The first-order chi connectivity index (χ1) is 9.54. The molecule has 0 aliphatic carbocycles. The number of nitrogens with zero attached hydrogens (tertiary/aromatic N) is 1. The second-order valence-corrected chi connectivity index (χ2v) is 5.52. The zero-order valence-corrected chi connectivity index (χ0v) is 11.4. The van der Waals surface area contributed by atoms with Crippen molar-refractivity contribution in [1.82, 2.24) is 15.5 Å². The molecule has 2 rings (SSSR count). The lowest BCUT2D eigenvalue weighted by molar-refractivity contribution is -0.137. The van der Waals surface area contributed by atoms with Gasteiger partial charge in [-0.3, -0.25) is 9.59 Å². The van der Waals surface area contributed by atoms with Crippen LogP contribution in [0.5, 0.6) is 0 Å². The number of amides is 3. The quantitative estimate of drug-likeness (QED) is 0.684. The Bertz CT molecular complexity index is 391. The van der Waals surface area contributed by atoms with Gasteiger partial charge in [0.25, 0.3) is 0 Å². The topological polar surface area (TPSA) is 98.7 Å². The van der Waals surface area contributed by atoms with Crippen LogP contribution in [0, 0.1) is 5.92 Å². The van der Waals surface area contributed by atoms with Gasteiger partial charge in [0.1, 0.15) is 0 Å². The summed E-state index contributed by atoms with van der Waals surface area (Å²) in [4.78, 5) is 35.3. The van der Waals surface area contributed by atoms with Crippen molar-refractivity contribution >= 4 is 17.9 Å². The maximum Gasteiger partial charge on any atom is 0.317 e. The number of carbonyl (C=O) groups excluding carboxylic acids is 2. The number of rotatable bonds is 4. The molecule has 1 unspecified atom stereocenters. The molecule has 2 aliphatic heterocycles. The summed E-state index contributed by atoms with van der Waals surface area (Å²) in [6.07, 6.45) is 2.93. The molecule has 0 bridgehead atoms. The highest BCUT2D eigenvalue weighted by atomic mass is 16.4. The average molecular weight is 283 g/mol. The summed E-state index contributed by atoms with van der Waals surface area (Å²) < 4.78 is 0. The predicted molar refractivity (Wildman–Crippen MR) is 71.1 cm³/mol. The molecule has 2 aliphatic rings. The lowest BCUT2D eigenvalue weighted by atomic mass is 9.92. The summed E-state index contributed by atoms with van der Waals surface area (Å²) >= 11 is 0. The van der Waals surface area contributed by atoms with E-state index >= 15 is 0 Å². The number of piperidine rings is 1. The average Bonchev–Trinajstić information content (AvgIpc) is 2.82. The predicted octanol–water partition coefficient (Wildman–Crippen LogP) is 0.161. The Hall–Kier alpha value is -1.79. The molecular formula is C13H21N3O4. The third kappa shape index (κ3) is 4.11. The SMILES string of the molecule is O=C(O)CCC1CCN(C(=O)NC2CNC(=O)C2)CC1. The standard InChI is InChI=1S/C13H21N3O4/c17-11-7-10(8-14-11)15-13(20)16-5-3-9(4-6-16)1-2-12(18)19/h9-10H,1-8H2,(H,14,17)(H,15,20)(H,18,19). The van der Waals surface area contributed by atoms with E-state index in [2.05, 4.69) is 10.6 Å². The molecule has 0 radical (unpaired) electrons. The van der Waals surface area contributed by atoms with Crippen LogP contribution < -0.4 is 10.6 Å². The highest BCUT2D eigenvalue weighted by Crippen LogP contribution is 2.22. The number of urea groups is 1. The van der Waals surface area contributed by atoms with E-state index in [0.29, 0.717) is 38.4 Å². The molecule has 0 aromatic rings. The Morgan fingerprint density at radius 1 is 1.35 bits per heavy atom. The smallest absolute Gasteiger partial charge is 0.317 e. The molecule has 20 heavy (non-hydrogen) atoms. The zero-order valence-electron chi connectivity index (χ0n) is 11.4. The highest BCUT2D eigenvalue weighted by Gasteiger charge is 2.27. The molecule has 112 valence electrons. The summed E-state index contributed by atoms with van der Waals surface area (Å²) in [7, 11) is 0. The van der Waals surface area contributed by atoms with Crippen LogP contribution in [0.25, 0.3) is 0 Å². The molecule has 0 saturated carbocycles. The maximum absolute atomic E-state index is 12.0. The molecule has 2 heterocycles. The van der Waals surface area contributed by atoms with E-state index in [1.54, 1.807) is 4.90 Å². The van der Waals surface area contributed by atoms with E-state index in [1.165, 1.54) is 0 Å². The highest BCUT2D eigenvalue weighted by molar-refractivity contribution is 5.81. The second kappa shape index (κ2) is 6.58. The molecule has 1 atom stereocenters. The summed E-state index contributed by atoms with van der Waals surface area (Å²) in [5.74, 6) is -0.392. The summed E-state index contributed by atoms with van der Waals surface area (Å²) in [5.41, 5.74) is 0. The van der Waals surface area contributed by atoms with Crippen molar-refractivity contribution in [2.45, 2.75) is 38.1 Å². The largest absolute Gasteiger partial charge is 0.481 e. The van der Waals surface area contributed by atoms with Crippen LogP contribution in [0.4, 0.5) is 4.79 Å². The molecule has 2 fully saturated rings. The van der Waals surface area contributed by atoms with Crippen LogP contribution in [0.15, 0.2) is 0 Å². The number of hydrogen-bond acceptors (Lipinski definition) is 3. The first kappa shape index (κ1) is 14.6. The van der Waals surface area contributed by atoms with Crippen LogP contribution in [-0.2, 0) is 9.59 Å². The third-order valence-corrected chi connectivity index (χ3v) is 3.97. The fourth-order valence-corrected chi connectivity index (χ4v) is 2.73. The minimum atomic E-state index is -0.761. The number of carbonyl (C=O) groups is 3. The van der Waals surface area contributed by atoms with Gasteiger partial charge in [-0.1, -0.05) is 0 Å². The van der Waals surface area contributed by atoms with Crippen molar-refractivity contribution in [1.29, 1.82) is 0 Å². The van der Waals surface area contributed by atoms with Crippen molar-refractivity contribution in [3.05, 3.63) is 0 Å². The molecule has 0 aromatic carbocycles. The van der Waals surface area contributed by atoms with Crippen LogP contribution >= 0.6 is 0 Å². The lowest BCUT2D eigenvalue weighted by Crippen LogP contribution is -2.48. The van der Waals surface area contributed by atoms with E-state index in [-0.39, 0.29) is 24.4 Å². The van der Waals surface area contributed by atoms with Gasteiger partial charge in [-0.25, -0.2) is 4.79 Å². The fraction of sp³-hybridized carbons (Fsp3) is 0.769. The van der Waals surface area contributed by atoms with Crippen molar-refractivity contribution in [3.8, 4) is 0 Å². The monoisotopic (exact) mass is 283 g/mol. The van der Waals surface area contributed by atoms with Crippen molar-refractivity contribution < 1.29 is 19.5 Å². The summed E-state index contributed by atoms with van der Waals surface area (Å²) in [5, 5.41) is 14.2. The summed E-state index contributed by atoms with van der Waals surface area (Å²) in [6.45, 7) is 1.81. The number of aliphatic carboxylic acids is 1. The Kier molecular flexibility index (Phi) is 4.81. The number of carboxylic acid groups (broad SMARTS) is 1. The number of nitrogens with one attached hydrogen (secondary N) is 2. The van der Waals surface area contributed by atoms with Gasteiger partial charge in [-0.05, 0) is 25.2 Å². The zero-order chi connectivity index (χ0) is 14.5. The molecule has 3 N–H and O–H groups in total. The van der Waals surface area contributed by atoms with Crippen molar-refractivity contribution in [3.63, 3.8) is 0 Å². The molecule has 7 heteroatoms. The van der Waals surface area contributed by atoms with Gasteiger partial charge >= 0.3 is 12.0 Å². The molecule has 2 saturated heterocycles. The van der Waals surface area contributed by atoms with E-state index < -0.39 is 5.97 Å². The van der Waals surface area contributed by atoms with Gasteiger partial charge < -0.3 is 20.6 Å². The second-order valence-electron chi connectivity index (χ2n) is 5.52. The van der Waals surface area contributed by atoms with E-state index in [1.807, 2.05) is 0 Å². The van der Waals surface area contributed by atoms with Crippen LogP contribution in [0.2, 0.25) is 0 Å². The first-order valence-electron chi connectivity index (χ1n) is 7.08. The normalized spacial score (nSPS) is 23.5. The number of hydrogen-bond donors (Lipinski definition) is 3. The Balaban J connectivity index is 1.69. The molecule has 7 nitrogen and oxygen atoms in total. The molecular weight excluding hydrogens is 262 g/mol. The van der Waals surface area contributed by atoms with E-state index in [4.69, 9.17) is 5.11 Å². The Morgan fingerprint density at radius 3 is 2.60 bits per heavy atom. The Morgan fingerprint density at radius 2 is 2.05 bits per heavy atom. The van der Waals surface area contributed by atoms with Gasteiger partial charge in [0, 0.05) is 32.5 Å². The maximum atomic E-state index is 12.0. The van der Waals surface area contributed by atoms with Gasteiger partial charge in [-0.15, -0.1) is 0 Å². The van der Waals surface area contributed by atoms with Gasteiger partial charge in [-0.2, -0.15) is 0 Å². The first-order valence-corrected chi connectivity index (χ1v) is 7.08.